The van der Waals surface area contributed by atoms with Gasteiger partial charge in [0.05, 0.1) is 23.0 Å². The molecule has 3 amide bonds. The van der Waals surface area contributed by atoms with Gasteiger partial charge in [0.1, 0.15) is 6.04 Å². The monoisotopic (exact) mass is 462 g/mol. The number of carbonyl (C=O) groups is 3. The Labute approximate surface area is 188 Å². The maximum Gasteiger partial charge on any atom is 0.255 e. The summed E-state index contributed by atoms with van der Waals surface area (Å²) < 4.78 is 0. The van der Waals surface area contributed by atoms with Crippen LogP contribution in [0.3, 0.4) is 0 Å². The van der Waals surface area contributed by atoms with Crippen LogP contribution in [0.5, 0.6) is 0 Å². The van der Waals surface area contributed by atoms with Gasteiger partial charge in [-0.05, 0) is 41.3 Å². The molecule has 1 heterocycles. The number of nitrogens with one attached hydrogen (secondary N) is 1. The largest absolute Gasteiger partial charge is 0.368 e. The van der Waals surface area contributed by atoms with Gasteiger partial charge in [-0.25, -0.2) is 0 Å². The molecule has 2 aromatic rings. The molecule has 1 unspecified atom stereocenters. The third-order valence-electron chi connectivity index (χ3n) is 5.04. The van der Waals surface area contributed by atoms with Crippen LogP contribution in [-0.4, -0.2) is 35.2 Å². The maximum atomic E-state index is 12.7. The van der Waals surface area contributed by atoms with Crippen molar-refractivity contribution in [2.24, 2.45) is 10.9 Å². The van der Waals surface area contributed by atoms with Crippen LogP contribution in [0.1, 0.15) is 33.5 Å². The molecule has 8 nitrogen and oxygen atoms in total. The minimum atomic E-state index is -0.896. The SMILES string of the molecule is NC(=O)C(CCN=O)N1Cc2cc(CNC(=O)Cc3ccc(Cl)c(Cl)c3)ccc2C1=O. The number of carbonyl (C=O) groups excluding carboxylic acids is 3. The van der Waals surface area contributed by atoms with Gasteiger partial charge < -0.3 is 16.0 Å². The van der Waals surface area contributed by atoms with Crippen LogP contribution in [-0.2, 0) is 29.1 Å². The predicted molar refractivity (Wildman–Crippen MR) is 117 cm³/mol. The summed E-state index contributed by atoms with van der Waals surface area (Å²) in [4.78, 5) is 48.4. The van der Waals surface area contributed by atoms with E-state index in [9.17, 15) is 19.3 Å². The number of halogens is 2. The quantitative estimate of drug-likeness (QED) is 0.556. The van der Waals surface area contributed by atoms with Crippen LogP contribution in [0.2, 0.25) is 10.0 Å². The molecule has 1 atom stereocenters. The first-order valence-electron chi connectivity index (χ1n) is 9.52. The highest BCUT2D eigenvalue weighted by molar-refractivity contribution is 6.42. The molecule has 0 bridgehead atoms. The molecule has 3 N–H and O–H groups in total. The fraction of sp³-hybridized carbons (Fsp3) is 0.286. The Bertz CT molecular complexity index is 1040. The first-order chi connectivity index (χ1) is 14.8. The highest BCUT2D eigenvalue weighted by Crippen LogP contribution is 2.27. The molecule has 31 heavy (non-hydrogen) atoms. The molecule has 0 radical (unpaired) electrons. The van der Waals surface area contributed by atoms with E-state index in [-0.39, 0.29) is 44.3 Å². The molecule has 0 fully saturated rings. The molecule has 162 valence electrons. The predicted octanol–water partition coefficient (Wildman–Crippen LogP) is 2.82. The van der Waals surface area contributed by atoms with Gasteiger partial charge >= 0.3 is 0 Å². The summed E-state index contributed by atoms with van der Waals surface area (Å²) in [6, 6.07) is 9.34. The Morgan fingerprint density at radius 3 is 2.55 bits per heavy atom. The summed E-state index contributed by atoms with van der Waals surface area (Å²) in [5.41, 5.74) is 8.15. The second kappa shape index (κ2) is 9.89. The average molecular weight is 463 g/mol. The van der Waals surface area contributed by atoms with E-state index in [1.807, 2.05) is 6.07 Å². The van der Waals surface area contributed by atoms with E-state index in [0.717, 1.165) is 16.7 Å². The zero-order valence-electron chi connectivity index (χ0n) is 16.4. The van der Waals surface area contributed by atoms with Crippen molar-refractivity contribution in [3.05, 3.63) is 73.6 Å². The summed E-state index contributed by atoms with van der Waals surface area (Å²) in [6.07, 6.45) is 0.231. The number of fused-ring (bicyclic) bond motifs is 1. The second-order valence-corrected chi connectivity index (χ2v) is 8.00. The lowest BCUT2D eigenvalue weighted by Crippen LogP contribution is -2.45. The Balaban J connectivity index is 1.63. The van der Waals surface area contributed by atoms with Crippen LogP contribution >= 0.6 is 23.2 Å². The van der Waals surface area contributed by atoms with Crippen molar-refractivity contribution in [3.63, 3.8) is 0 Å². The molecular formula is C21H20Cl2N4O4. The first-order valence-corrected chi connectivity index (χ1v) is 10.3. The minimum absolute atomic E-state index is 0.0796. The zero-order chi connectivity index (χ0) is 22.5. The van der Waals surface area contributed by atoms with Crippen molar-refractivity contribution in [2.75, 3.05) is 6.54 Å². The van der Waals surface area contributed by atoms with E-state index in [2.05, 4.69) is 10.5 Å². The molecule has 3 rings (SSSR count). The Hall–Kier alpha value is -2.97. The summed E-state index contributed by atoms with van der Waals surface area (Å²) in [5.74, 6) is -1.19. The van der Waals surface area contributed by atoms with Gasteiger partial charge in [-0.1, -0.05) is 46.6 Å². The van der Waals surface area contributed by atoms with E-state index in [4.69, 9.17) is 28.9 Å². The van der Waals surface area contributed by atoms with Crippen molar-refractivity contribution in [2.45, 2.75) is 32.0 Å². The number of nitrogens with two attached hydrogens (primary N) is 1. The smallest absolute Gasteiger partial charge is 0.255 e. The van der Waals surface area contributed by atoms with Gasteiger partial charge in [0.15, 0.2) is 0 Å². The van der Waals surface area contributed by atoms with Crippen molar-refractivity contribution >= 4 is 40.9 Å². The number of primary amides is 1. The van der Waals surface area contributed by atoms with Crippen LogP contribution in [0.15, 0.2) is 41.6 Å². The number of nitroso groups, excluding NO2 is 1. The molecule has 1 aliphatic heterocycles. The highest BCUT2D eigenvalue weighted by Gasteiger charge is 2.35. The molecule has 0 aliphatic carbocycles. The molecule has 0 spiro atoms. The maximum absolute atomic E-state index is 12.7. The van der Waals surface area contributed by atoms with Crippen LogP contribution in [0.25, 0.3) is 0 Å². The van der Waals surface area contributed by atoms with Gasteiger partial charge in [-0.2, -0.15) is 4.91 Å². The minimum Gasteiger partial charge on any atom is -0.368 e. The molecule has 0 aromatic heterocycles. The average Bonchev–Trinajstić information content (AvgIpc) is 3.05. The third kappa shape index (κ3) is 5.39. The van der Waals surface area contributed by atoms with Gasteiger partial charge in [0.25, 0.3) is 5.91 Å². The highest BCUT2D eigenvalue weighted by atomic mass is 35.5. The van der Waals surface area contributed by atoms with Gasteiger partial charge in [0.2, 0.25) is 11.8 Å². The molecular weight excluding hydrogens is 443 g/mol. The summed E-state index contributed by atoms with van der Waals surface area (Å²) in [6.45, 7) is 0.367. The molecule has 10 heteroatoms. The van der Waals surface area contributed by atoms with E-state index >= 15 is 0 Å². The number of nitrogens with zero attached hydrogens (tertiary/aromatic N) is 2. The van der Waals surface area contributed by atoms with Crippen molar-refractivity contribution < 1.29 is 14.4 Å². The van der Waals surface area contributed by atoms with Crippen LogP contribution in [0.4, 0.5) is 0 Å². The standard InChI is InChI=1S/C21H20Cl2N4O4/c22-16-4-2-12(8-17(16)23)9-19(28)25-10-13-1-3-15-14(7-13)11-27(21(15)30)18(20(24)29)5-6-26-31/h1-4,7-8,18H,5-6,9-11H2,(H2,24,29)(H,25,28). The molecule has 0 saturated heterocycles. The number of amides is 3. The van der Waals surface area contributed by atoms with Crippen molar-refractivity contribution in [1.82, 2.24) is 10.2 Å². The van der Waals surface area contributed by atoms with E-state index in [1.54, 1.807) is 30.3 Å². The Kier molecular flexibility index (Phi) is 7.25. The normalized spacial score (nSPS) is 13.6. The summed E-state index contributed by atoms with van der Waals surface area (Å²) in [7, 11) is 0. The number of hydrogen-bond acceptors (Lipinski definition) is 5. The zero-order valence-corrected chi connectivity index (χ0v) is 17.9. The van der Waals surface area contributed by atoms with Gasteiger partial charge in [-0.15, -0.1) is 0 Å². The third-order valence-corrected chi connectivity index (χ3v) is 5.78. The van der Waals surface area contributed by atoms with E-state index in [1.165, 1.54) is 4.90 Å². The Morgan fingerprint density at radius 1 is 1.13 bits per heavy atom. The summed E-state index contributed by atoms with van der Waals surface area (Å²) >= 11 is 11.9. The fourth-order valence-corrected chi connectivity index (χ4v) is 3.80. The first kappa shape index (κ1) is 22.7. The molecule has 2 aromatic carbocycles. The van der Waals surface area contributed by atoms with Crippen LogP contribution < -0.4 is 11.1 Å². The molecule has 0 saturated carbocycles. The topological polar surface area (TPSA) is 122 Å². The Morgan fingerprint density at radius 2 is 1.87 bits per heavy atom. The van der Waals surface area contributed by atoms with Crippen molar-refractivity contribution in [1.29, 1.82) is 0 Å². The second-order valence-electron chi connectivity index (χ2n) is 7.19. The lowest BCUT2D eigenvalue weighted by Gasteiger charge is -2.24. The number of rotatable bonds is 9. The summed E-state index contributed by atoms with van der Waals surface area (Å²) in [5, 5.41) is 6.39. The lowest BCUT2D eigenvalue weighted by atomic mass is 10.1. The lowest BCUT2D eigenvalue weighted by molar-refractivity contribution is -0.122. The van der Waals surface area contributed by atoms with Crippen LogP contribution in [0, 0.1) is 4.91 Å². The van der Waals surface area contributed by atoms with Crippen molar-refractivity contribution in [3.8, 4) is 0 Å². The molecule has 1 aliphatic rings. The number of benzene rings is 2. The number of hydrogen-bond donors (Lipinski definition) is 2. The van der Waals surface area contributed by atoms with E-state index < -0.39 is 11.9 Å². The van der Waals surface area contributed by atoms with E-state index in [0.29, 0.717) is 15.6 Å². The fourth-order valence-electron chi connectivity index (χ4n) is 3.48. The van der Waals surface area contributed by atoms with Gasteiger partial charge in [0, 0.05) is 18.7 Å². The van der Waals surface area contributed by atoms with Gasteiger partial charge in [-0.3, -0.25) is 14.4 Å².